The van der Waals surface area contributed by atoms with Crippen LogP contribution in [0.25, 0.3) is 0 Å². The molecule has 1 N–H and O–H groups in total. The van der Waals surface area contributed by atoms with Gasteiger partial charge in [-0.1, -0.05) is 11.6 Å². The molecule has 0 spiro atoms. The maximum absolute atomic E-state index is 5.95. The maximum atomic E-state index is 5.95. The number of aromatic nitrogens is 2. The van der Waals surface area contributed by atoms with E-state index >= 15 is 0 Å². The molecular formula is C13H15ClN4S. The van der Waals surface area contributed by atoms with Crippen LogP contribution in [-0.2, 0) is 6.54 Å². The lowest BCUT2D eigenvalue weighted by Crippen LogP contribution is -2.45. The lowest BCUT2D eigenvalue weighted by Gasteiger charge is -2.35. The third-order valence-corrected chi connectivity index (χ3v) is 4.41. The largest absolute Gasteiger partial charge is 0.314 e. The fourth-order valence-corrected chi connectivity index (χ4v) is 3.37. The van der Waals surface area contributed by atoms with E-state index in [0.29, 0.717) is 6.04 Å². The number of hydrogen-bond donors (Lipinski definition) is 1. The average molecular weight is 295 g/mol. The molecule has 0 bridgehead atoms. The molecule has 6 heteroatoms. The number of nitrogens with one attached hydrogen (secondary N) is 1. The van der Waals surface area contributed by atoms with Gasteiger partial charge >= 0.3 is 0 Å². The van der Waals surface area contributed by atoms with E-state index in [1.54, 1.807) is 17.5 Å². The zero-order chi connectivity index (χ0) is 13.1. The first-order valence-corrected chi connectivity index (χ1v) is 7.47. The van der Waals surface area contributed by atoms with Crippen molar-refractivity contribution in [3.8, 4) is 0 Å². The number of pyridine rings is 1. The van der Waals surface area contributed by atoms with E-state index in [4.69, 9.17) is 11.6 Å². The molecule has 0 aromatic carbocycles. The highest BCUT2D eigenvalue weighted by Crippen LogP contribution is 2.26. The fraction of sp³-hybridized carbons (Fsp3) is 0.385. The van der Waals surface area contributed by atoms with Gasteiger partial charge in [-0.15, -0.1) is 11.3 Å². The normalized spacial score (nSPS) is 20.6. The average Bonchev–Trinajstić information content (AvgIpc) is 2.86. The van der Waals surface area contributed by atoms with Crippen molar-refractivity contribution in [1.82, 2.24) is 20.2 Å². The van der Waals surface area contributed by atoms with Crippen LogP contribution >= 0.6 is 22.9 Å². The van der Waals surface area contributed by atoms with Gasteiger partial charge in [0.25, 0.3) is 0 Å². The zero-order valence-electron chi connectivity index (χ0n) is 10.4. The molecule has 100 valence electrons. The molecule has 1 atom stereocenters. The zero-order valence-corrected chi connectivity index (χ0v) is 12.0. The molecule has 2 aromatic rings. The summed E-state index contributed by atoms with van der Waals surface area (Å²) >= 11 is 7.51. The van der Waals surface area contributed by atoms with Gasteiger partial charge in [-0.05, 0) is 17.7 Å². The Balaban J connectivity index is 1.77. The summed E-state index contributed by atoms with van der Waals surface area (Å²) < 4.78 is 0.755. The number of halogens is 1. The third kappa shape index (κ3) is 3.12. The molecule has 0 aliphatic carbocycles. The van der Waals surface area contributed by atoms with Crippen LogP contribution in [0.2, 0.25) is 4.34 Å². The number of rotatable bonds is 3. The Labute approximate surface area is 121 Å². The summed E-state index contributed by atoms with van der Waals surface area (Å²) in [4.78, 5) is 10.9. The minimum absolute atomic E-state index is 0.374. The quantitative estimate of drug-likeness (QED) is 0.943. The van der Waals surface area contributed by atoms with Crippen LogP contribution in [0.1, 0.15) is 16.6 Å². The van der Waals surface area contributed by atoms with E-state index in [0.717, 1.165) is 35.5 Å². The predicted molar refractivity (Wildman–Crippen MR) is 77.4 cm³/mol. The molecule has 0 radical (unpaired) electrons. The summed E-state index contributed by atoms with van der Waals surface area (Å²) in [6.07, 6.45) is 5.43. The second kappa shape index (κ2) is 5.96. The van der Waals surface area contributed by atoms with Crippen LogP contribution in [-0.4, -0.2) is 34.5 Å². The first kappa shape index (κ1) is 13.0. The Morgan fingerprint density at radius 1 is 1.42 bits per heavy atom. The van der Waals surface area contributed by atoms with Crippen LogP contribution < -0.4 is 5.32 Å². The molecule has 2 aromatic heterocycles. The molecule has 0 saturated carbocycles. The van der Waals surface area contributed by atoms with Crippen LogP contribution in [0.15, 0.2) is 30.7 Å². The predicted octanol–water partition coefficient (Wildman–Crippen LogP) is 2.34. The van der Waals surface area contributed by atoms with Gasteiger partial charge in [-0.2, -0.15) is 0 Å². The smallest absolute Gasteiger partial charge is 0.113 e. The minimum atomic E-state index is 0.374. The number of hydrogen-bond acceptors (Lipinski definition) is 5. The standard InChI is InChI=1S/C13H15ClN4S/c14-12-8-17-13(19-12)9-18-6-5-16-7-11(18)10-1-3-15-4-2-10/h1-4,8,11,16H,5-7,9H2. The number of nitrogens with zero attached hydrogens (tertiary/aromatic N) is 3. The topological polar surface area (TPSA) is 41.1 Å². The van der Waals surface area contributed by atoms with Crippen molar-refractivity contribution in [2.75, 3.05) is 19.6 Å². The van der Waals surface area contributed by atoms with Crippen LogP contribution in [0.4, 0.5) is 0 Å². The Kier molecular flexibility index (Phi) is 4.08. The van der Waals surface area contributed by atoms with Crippen LogP contribution in [0.3, 0.4) is 0 Å². The first-order chi connectivity index (χ1) is 9.33. The Hall–Kier alpha value is -1.01. The second-order valence-electron chi connectivity index (χ2n) is 4.53. The number of piperazine rings is 1. The van der Waals surface area contributed by atoms with Crippen molar-refractivity contribution in [2.45, 2.75) is 12.6 Å². The molecule has 1 aliphatic heterocycles. The van der Waals surface area contributed by atoms with E-state index in [1.165, 1.54) is 5.56 Å². The highest BCUT2D eigenvalue weighted by atomic mass is 35.5. The highest BCUT2D eigenvalue weighted by Gasteiger charge is 2.24. The van der Waals surface area contributed by atoms with Gasteiger partial charge in [0.15, 0.2) is 0 Å². The summed E-state index contributed by atoms with van der Waals surface area (Å²) in [7, 11) is 0. The minimum Gasteiger partial charge on any atom is -0.314 e. The van der Waals surface area contributed by atoms with E-state index in [9.17, 15) is 0 Å². The summed E-state index contributed by atoms with van der Waals surface area (Å²) in [6.45, 7) is 3.85. The fourth-order valence-electron chi connectivity index (χ4n) is 2.38. The van der Waals surface area contributed by atoms with Crippen molar-refractivity contribution in [1.29, 1.82) is 0 Å². The number of thiazole rings is 1. The van der Waals surface area contributed by atoms with Crippen molar-refractivity contribution in [2.24, 2.45) is 0 Å². The van der Waals surface area contributed by atoms with Crippen LogP contribution in [0.5, 0.6) is 0 Å². The molecule has 1 unspecified atom stereocenters. The maximum Gasteiger partial charge on any atom is 0.113 e. The Morgan fingerprint density at radius 2 is 2.26 bits per heavy atom. The molecule has 19 heavy (non-hydrogen) atoms. The molecule has 1 fully saturated rings. The molecule has 3 rings (SSSR count). The van der Waals surface area contributed by atoms with Crippen molar-refractivity contribution >= 4 is 22.9 Å². The molecule has 4 nitrogen and oxygen atoms in total. The lowest BCUT2D eigenvalue weighted by atomic mass is 10.0. The van der Waals surface area contributed by atoms with Crippen molar-refractivity contribution in [3.05, 3.63) is 45.6 Å². The van der Waals surface area contributed by atoms with Gasteiger partial charge in [0.1, 0.15) is 9.34 Å². The summed E-state index contributed by atoms with van der Waals surface area (Å²) in [5.41, 5.74) is 1.30. The van der Waals surface area contributed by atoms with Gasteiger partial charge in [-0.25, -0.2) is 4.98 Å². The molecular weight excluding hydrogens is 280 g/mol. The molecule has 1 aliphatic rings. The van der Waals surface area contributed by atoms with Crippen molar-refractivity contribution < 1.29 is 0 Å². The van der Waals surface area contributed by atoms with E-state index in [1.807, 2.05) is 12.4 Å². The van der Waals surface area contributed by atoms with Gasteiger partial charge < -0.3 is 5.32 Å². The van der Waals surface area contributed by atoms with E-state index in [2.05, 4.69) is 32.3 Å². The summed E-state index contributed by atoms with van der Waals surface area (Å²) in [5, 5.41) is 4.52. The highest BCUT2D eigenvalue weighted by molar-refractivity contribution is 7.15. The summed E-state index contributed by atoms with van der Waals surface area (Å²) in [5.74, 6) is 0. The molecule has 3 heterocycles. The van der Waals surface area contributed by atoms with Gasteiger partial charge in [0, 0.05) is 38.1 Å². The monoisotopic (exact) mass is 294 g/mol. The van der Waals surface area contributed by atoms with E-state index in [-0.39, 0.29) is 0 Å². The van der Waals surface area contributed by atoms with Gasteiger partial charge in [-0.3, -0.25) is 9.88 Å². The lowest BCUT2D eigenvalue weighted by molar-refractivity contribution is 0.153. The molecule has 1 saturated heterocycles. The SMILES string of the molecule is Clc1cnc(CN2CCNCC2c2ccncc2)s1. The van der Waals surface area contributed by atoms with Crippen LogP contribution in [0, 0.1) is 0 Å². The second-order valence-corrected chi connectivity index (χ2v) is 6.28. The van der Waals surface area contributed by atoms with Gasteiger partial charge in [0.2, 0.25) is 0 Å². The Bertz CT molecular complexity index is 530. The van der Waals surface area contributed by atoms with E-state index < -0.39 is 0 Å². The van der Waals surface area contributed by atoms with Crippen molar-refractivity contribution in [3.63, 3.8) is 0 Å². The molecule has 0 amide bonds. The first-order valence-electron chi connectivity index (χ1n) is 6.28. The Morgan fingerprint density at radius 3 is 3.00 bits per heavy atom. The third-order valence-electron chi connectivity index (χ3n) is 3.31. The van der Waals surface area contributed by atoms with Gasteiger partial charge in [0.05, 0.1) is 12.7 Å². The summed E-state index contributed by atoms with van der Waals surface area (Å²) in [6, 6.07) is 4.54.